The van der Waals surface area contributed by atoms with Crippen molar-refractivity contribution in [2.75, 3.05) is 6.79 Å². The van der Waals surface area contributed by atoms with Crippen LogP contribution in [0.15, 0.2) is 34.1 Å². The van der Waals surface area contributed by atoms with Crippen molar-refractivity contribution in [2.24, 2.45) is 5.92 Å². The molecule has 0 radical (unpaired) electrons. The minimum atomic E-state index is 0.284. The molecular formula is C25H26N4O2S3. The van der Waals surface area contributed by atoms with Crippen molar-refractivity contribution in [1.82, 2.24) is 19.7 Å². The second kappa shape index (κ2) is 9.36. The van der Waals surface area contributed by atoms with Gasteiger partial charge in [0.15, 0.2) is 22.5 Å². The molecule has 0 spiro atoms. The maximum atomic E-state index is 5.51. The molecule has 0 bridgehead atoms. The van der Waals surface area contributed by atoms with E-state index in [2.05, 4.69) is 39.4 Å². The smallest absolute Gasteiger partial charge is 0.231 e. The summed E-state index contributed by atoms with van der Waals surface area (Å²) in [4.78, 5) is 6.40. The summed E-state index contributed by atoms with van der Waals surface area (Å²) in [5, 5.41) is 15.6. The fourth-order valence-electron chi connectivity index (χ4n) is 4.56. The van der Waals surface area contributed by atoms with Gasteiger partial charge in [0, 0.05) is 39.1 Å². The van der Waals surface area contributed by atoms with E-state index in [1.807, 2.05) is 29.5 Å². The van der Waals surface area contributed by atoms with Gasteiger partial charge in [-0.25, -0.2) is 4.98 Å². The Kier molecular flexibility index (Phi) is 6.09. The predicted molar refractivity (Wildman–Crippen MR) is 138 cm³/mol. The number of benzene rings is 1. The minimum absolute atomic E-state index is 0.284. The van der Waals surface area contributed by atoms with Crippen LogP contribution in [-0.2, 0) is 25.1 Å². The molecule has 6 nitrogen and oxygen atoms in total. The molecule has 4 heterocycles. The van der Waals surface area contributed by atoms with Crippen LogP contribution in [0.3, 0.4) is 0 Å². The van der Waals surface area contributed by atoms with Crippen LogP contribution in [0.1, 0.15) is 42.8 Å². The standard InChI is InChI=1S/C25H26N4O2S3/c1-3-8-29-23(19-13-32-22-9-15(2)4-6-18(19)22)27-28-25(29)34-12-17-11-33-24(26-17)16-5-7-20-21(10-16)31-14-30-20/h5,7,10-11,13,15H,3-4,6,8-9,12,14H2,1-2H3. The van der Waals surface area contributed by atoms with Crippen LogP contribution in [0.2, 0.25) is 0 Å². The van der Waals surface area contributed by atoms with Crippen molar-refractivity contribution in [3.63, 3.8) is 0 Å². The highest BCUT2D eigenvalue weighted by Crippen LogP contribution is 2.39. The number of thioether (sulfide) groups is 1. The number of fused-ring (bicyclic) bond motifs is 2. The third-order valence-corrected chi connectivity index (χ3v) is 9.32. The first-order chi connectivity index (χ1) is 16.7. The van der Waals surface area contributed by atoms with Gasteiger partial charge in [-0.1, -0.05) is 25.6 Å². The average molecular weight is 511 g/mol. The lowest BCUT2D eigenvalue weighted by molar-refractivity contribution is 0.174. The lowest BCUT2D eigenvalue weighted by atomic mass is 9.88. The van der Waals surface area contributed by atoms with Crippen molar-refractivity contribution in [1.29, 1.82) is 0 Å². The van der Waals surface area contributed by atoms with E-state index in [-0.39, 0.29) is 6.79 Å². The molecule has 1 atom stereocenters. The summed E-state index contributed by atoms with van der Waals surface area (Å²) in [5.41, 5.74) is 4.89. The summed E-state index contributed by atoms with van der Waals surface area (Å²) < 4.78 is 13.2. The van der Waals surface area contributed by atoms with Gasteiger partial charge in [-0.15, -0.1) is 32.9 Å². The molecule has 1 aliphatic heterocycles. The first kappa shape index (κ1) is 22.1. The minimum Gasteiger partial charge on any atom is -0.454 e. The topological polar surface area (TPSA) is 62.1 Å². The fourth-order valence-corrected chi connectivity index (χ4v) is 7.58. The van der Waals surface area contributed by atoms with Crippen molar-refractivity contribution in [3.05, 3.63) is 45.1 Å². The van der Waals surface area contributed by atoms with E-state index in [0.29, 0.717) is 0 Å². The molecule has 1 aliphatic carbocycles. The van der Waals surface area contributed by atoms with E-state index in [0.717, 1.165) is 69.8 Å². The summed E-state index contributed by atoms with van der Waals surface area (Å²) in [7, 11) is 0. The molecule has 6 rings (SSSR count). The highest BCUT2D eigenvalue weighted by molar-refractivity contribution is 7.98. The van der Waals surface area contributed by atoms with Gasteiger partial charge in [-0.3, -0.25) is 0 Å². The number of nitrogens with zero attached hydrogens (tertiary/aromatic N) is 4. The highest BCUT2D eigenvalue weighted by atomic mass is 32.2. The van der Waals surface area contributed by atoms with Gasteiger partial charge in [0.05, 0.1) is 5.69 Å². The molecule has 4 aromatic rings. The Labute approximate surface area is 211 Å². The summed E-state index contributed by atoms with van der Waals surface area (Å²) in [6.45, 7) is 5.77. The molecule has 9 heteroatoms. The molecule has 176 valence electrons. The monoisotopic (exact) mass is 510 g/mol. The first-order valence-electron chi connectivity index (χ1n) is 11.7. The maximum Gasteiger partial charge on any atom is 0.231 e. The summed E-state index contributed by atoms with van der Waals surface area (Å²) in [6.07, 6.45) is 4.65. The van der Waals surface area contributed by atoms with E-state index in [1.165, 1.54) is 28.8 Å². The van der Waals surface area contributed by atoms with Gasteiger partial charge >= 0.3 is 0 Å². The van der Waals surface area contributed by atoms with Crippen LogP contribution < -0.4 is 9.47 Å². The molecule has 0 amide bonds. The van der Waals surface area contributed by atoms with Crippen LogP contribution in [0, 0.1) is 5.92 Å². The molecule has 0 saturated heterocycles. The van der Waals surface area contributed by atoms with Crippen LogP contribution in [-0.4, -0.2) is 26.5 Å². The zero-order valence-corrected chi connectivity index (χ0v) is 21.7. The van der Waals surface area contributed by atoms with Crippen molar-refractivity contribution < 1.29 is 9.47 Å². The lowest BCUT2D eigenvalue weighted by Gasteiger charge is -2.19. The number of aromatic nitrogens is 4. The normalized spacial score (nSPS) is 16.7. The first-order valence-corrected chi connectivity index (χ1v) is 14.4. The zero-order valence-electron chi connectivity index (χ0n) is 19.2. The number of rotatable bonds is 7. The van der Waals surface area contributed by atoms with Crippen LogP contribution in [0.4, 0.5) is 0 Å². The molecule has 2 aliphatic rings. The molecule has 1 aromatic carbocycles. The fraction of sp³-hybridized carbons (Fsp3) is 0.400. The predicted octanol–water partition coefficient (Wildman–Crippen LogP) is 6.69. The third kappa shape index (κ3) is 4.14. The third-order valence-electron chi connectivity index (χ3n) is 6.33. The number of thiazole rings is 1. The Morgan fingerprint density at radius 3 is 2.97 bits per heavy atom. The molecule has 0 fully saturated rings. The molecule has 3 aromatic heterocycles. The molecule has 0 N–H and O–H groups in total. The Balaban J connectivity index is 1.21. The Bertz CT molecular complexity index is 1330. The quantitative estimate of drug-likeness (QED) is 0.258. The van der Waals surface area contributed by atoms with E-state index in [1.54, 1.807) is 23.1 Å². The van der Waals surface area contributed by atoms with Crippen molar-refractivity contribution in [2.45, 2.75) is 57.0 Å². The van der Waals surface area contributed by atoms with Crippen LogP contribution in [0.25, 0.3) is 22.0 Å². The number of hydrogen-bond donors (Lipinski definition) is 0. The largest absolute Gasteiger partial charge is 0.454 e. The average Bonchev–Trinajstić information content (AvgIpc) is 3.63. The maximum absolute atomic E-state index is 5.51. The number of ether oxygens (including phenoxy) is 2. The second-order valence-electron chi connectivity index (χ2n) is 8.86. The van der Waals surface area contributed by atoms with E-state index >= 15 is 0 Å². The second-order valence-corrected chi connectivity index (χ2v) is 11.6. The van der Waals surface area contributed by atoms with Gasteiger partial charge in [0.2, 0.25) is 6.79 Å². The summed E-state index contributed by atoms with van der Waals surface area (Å²) in [6, 6.07) is 5.99. The van der Waals surface area contributed by atoms with Gasteiger partial charge in [-0.05, 0) is 55.4 Å². The van der Waals surface area contributed by atoms with Gasteiger partial charge in [0.1, 0.15) is 5.01 Å². The molecular weight excluding hydrogens is 485 g/mol. The van der Waals surface area contributed by atoms with E-state index in [9.17, 15) is 0 Å². The molecule has 34 heavy (non-hydrogen) atoms. The summed E-state index contributed by atoms with van der Waals surface area (Å²) in [5.74, 6) is 4.15. The van der Waals surface area contributed by atoms with Gasteiger partial charge in [0.25, 0.3) is 0 Å². The van der Waals surface area contributed by atoms with E-state index < -0.39 is 0 Å². The highest BCUT2D eigenvalue weighted by Gasteiger charge is 2.24. The Hall–Kier alpha value is -2.36. The zero-order chi connectivity index (χ0) is 23.1. The lowest BCUT2D eigenvalue weighted by Crippen LogP contribution is -2.10. The Morgan fingerprint density at radius 1 is 1.15 bits per heavy atom. The number of thiophene rings is 1. The summed E-state index contributed by atoms with van der Waals surface area (Å²) >= 11 is 5.26. The van der Waals surface area contributed by atoms with Crippen LogP contribution >= 0.6 is 34.4 Å². The molecule has 0 saturated carbocycles. The van der Waals surface area contributed by atoms with E-state index in [4.69, 9.17) is 14.5 Å². The SMILES string of the molecule is CCCn1c(SCc2csc(-c3ccc4c(c3)OCO4)n2)nnc1-c1csc2c1CCC(C)C2. The van der Waals surface area contributed by atoms with Crippen LogP contribution in [0.5, 0.6) is 11.5 Å². The Morgan fingerprint density at radius 2 is 2.06 bits per heavy atom. The van der Waals surface area contributed by atoms with Gasteiger partial charge < -0.3 is 14.0 Å². The van der Waals surface area contributed by atoms with Crippen molar-refractivity contribution in [3.8, 4) is 33.5 Å². The van der Waals surface area contributed by atoms with Crippen molar-refractivity contribution >= 4 is 34.4 Å². The molecule has 1 unspecified atom stereocenters. The van der Waals surface area contributed by atoms with Gasteiger partial charge in [-0.2, -0.15) is 0 Å². The number of hydrogen-bond acceptors (Lipinski definition) is 8.